The number of rotatable bonds is 5. The van der Waals surface area contributed by atoms with Crippen molar-refractivity contribution in [1.82, 2.24) is 18.3 Å². The van der Waals surface area contributed by atoms with Gasteiger partial charge < -0.3 is 5.32 Å². The zero-order valence-corrected chi connectivity index (χ0v) is 18.6. The third kappa shape index (κ3) is 4.06. The van der Waals surface area contributed by atoms with Crippen LogP contribution in [-0.4, -0.2) is 65.4 Å². The smallest absolute Gasteiger partial charge is 0.322 e. The zero-order valence-electron chi connectivity index (χ0n) is 17.8. The van der Waals surface area contributed by atoms with Crippen molar-refractivity contribution in [3.8, 4) is 0 Å². The molecule has 0 spiro atoms. The number of piperazine rings is 1. The van der Waals surface area contributed by atoms with Crippen molar-refractivity contribution in [3.05, 3.63) is 58.8 Å². The van der Waals surface area contributed by atoms with E-state index in [1.165, 1.54) is 37.7 Å². The van der Waals surface area contributed by atoms with Gasteiger partial charge in [-0.25, -0.2) is 17.6 Å². The highest BCUT2D eigenvalue weighted by Gasteiger charge is 2.29. The number of amides is 1. The molecular formula is C21H24FN5O4S. The van der Waals surface area contributed by atoms with Crippen LogP contribution in [0, 0.1) is 5.82 Å². The molecule has 1 N–H and O–H groups in total. The van der Waals surface area contributed by atoms with Gasteiger partial charge in [0.2, 0.25) is 15.9 Å². The molecule has 1 saturated heterocycles. The second kappa shape index (κ2) is 8.49. The summed E-state index contributed by atoms with van der Waals surface area (Å²) in [4.78, 5) is 26.3. The highest BCUT2D eigenvalue weighted by Crippen LogP contribution is 2.22. The number of nitrogens with zero attached hydrogens (tertiary/aromatic N) is 4. The summed E-state index contributed by atoms with van der Waals surface area (Å²) in [7, 11) is -0.505. The number of fused-ring (bicyclic) bond motifs is 1. The summed E-state index contributed by atoms with van der Waals surface area (Å²) in [5, 5.41) is 2.54. The molecule has 1 aromatic heterocycles. The van der Waals surface area contributed by atoms with Crippen molar-refractivity contribution in [2.45, 2.75) is 4.90 Å². The zero-order chi connectivity index (χ0) is 23.0. The van der Waals surface area contributed by atoms with Crippen molar-refractivity contribution in [2.75, 3.05) is 38.0 Å². The monoisotopic (exact) mass is 461 g/mol. The molecule has 9 nitrogen and oxygen atoms in total. The Bertz CT molecular complexity index is 1340. The molecule has 0 saturated carbocycles. The Morgan fingerprint density at radius 3 is 2.34 bits per heavy atom. The summed E-state index contributed by atoms with van der Waals surface area (Å²) >= 11 is 0. The first kappa shape index (κ1) is 22.2. The van der Waals surface area contributed by atoms with Crippen LogP contribution in [-0.2, 0) is 28.9 Å². The van der Waals surface area contributed by atoms with Gasteiger partial charge in [0.05, 0.1) is 28.2 Å². The number of aryl methyl sites for hydroxylation is 2. The number of nitrogens with one attached hydrogen (secondary N) is 1. The fourth-order valence-electron chi connectivity index (χ4n) is 3.88. The number of para-hydroxylation sites is 1. The van der Waals surface area contributed by atoms with Crippen molar-refractivity contribution in [2.24, 2.45) is 14.1 Å². The van der Waals surface area contributed by atoms with Crippen LogP contribution >= 0.6 is 0 Å². The van der Waals surface area contributed by atoms with Crippen LogP contribution in [0.1, 0.15) is 0 Å². The number of carbonyl (C=O) groups excluding carboxylic acids is 1. The molecule has 1 fully saturated rings. The second-order valence-corrected chi connectivity index (χ2v) is 9.70. The summed E-state index contributed by atoms with van der Waals surface area (Å²) in [5.74, 6) is -0.869. The normalized spacial score (nSPS) is 15.8. The SMILES string of the molecule is Cn1c(=O)n(C)c2cc(S(=O)(=O)N3CCN(CC(=O)Nc4ccccc4F)CC3)ccc21. The van der Waals surface area contributed by atoms with E-state index < -0.39 is 15.8 Å². The second-order valence-electron chi connectivity index (χ2n) is 7.76. The maximum Gasteiger partial charge on any atom is 0.328 e. The number of anilines is 1. The number of halogens is 1. The third-order valence-electron chi connectivity index (χ3n) is 5.73. The number of benzene rings is 2. The van der Waals surface area contributed by atoms with Crippen molar-refractivity contribution >= 4 is 32.7 Å². The molecule has 0 aliphatic carbocycles. The Morgan fingerprint density at radius 1 is 1.00 bits per heavy atom. The molecule has 1 aliphatic rings. The van der Waals surface area contributed by atoms with Crippen LogP contribution in [0.5, 0.6) is 0 Å². The van der Waals surface area contributed by atoms with E-state index in [-0.39, 0.29) is 41.8 Å². The average molecular weight is 462 g/mol. The Balaban J connectivity index is 1.42. The van der Waals surface area contributed by atoms with Crippen LogP contribution < -0.4 is 11.0 Å². The first-order valence-corrected chi connectivity index (χ1v) is 11.5. The summed E-state index contributed by atoms with van der Waals surface area (Å²) in [5.41, 5.74) is 1.09. The maximum absolute atomic E-state index is 13.7. The molecule has 170 valence electrons. The molecule has 32 heavy (non-hydrogen) atoms. The van der Waals surface area contributed by atoms with Crippen molar-refractivity contribution in [1.29, 1.82) is 0 Å². The van der Waals surface area contributed by atoms with Gasteiger partial charge in [-0.05, 0) is 30.3 Å². The van der Waals surface area contributed by atoms with Crippen LogP contribution in [0.25, 0.3) is 11.0 Å². The number of carbonyl (C=O) groups is 1. The van der Waals surface area contributed by atoms with Gasteiger partial charge in [-0.1, -0.05) is 12.1 Å². The minimum Gasteiger partial charge on any atom is -0.322 e. The van der Waals surface area contributed by atoms with Gasteiger partial charge in [-0.3, -0.25) is 18.8 Å². The van der Waals surface area contributed by atoms with E-state index in [2.05, 4.69) is 5.32 Å². The molecule has 4 rings (SSSR count). The van der Waals surface area contributed by atoms with E-state index in [1.807, 2.05) is 4.90 Å². The molecular weight excluding hydrogens is 437 g/mol. The van der Waals surface area contributed by atoms with Crippen LogP contribution in [0.2, 0.25) is 0 Å². The minimum absolute atomic E-state index is 0.0420. The Labute approximate surface area is 184 Å². The van der Waals surface area contributed by atoms with E-state index in [4.69, 9.17) is 0 Å². The molecule has 2 aromatic carbocycles. The van der Waals surface area contributed by atoms with Gasteiger partial charge in [-0.2, -0.15) is 4.31 Å². The van der Waals surface area contributed by atoms with Crippen LogP contribution in [0.15, 0.2) is 52.2 Å². The Hall–Kier alpha value is -3.02. The summed E-state index contributed by atoms with van der Waals surface area (Å²) in [6.07, 6.45) is 0. The average Bonchev–Trinajstić information content (AvgIpc) is 2.99. The van der Waals surface area contributed by atoms with Crippen LogP contribution in [0.3, 0.4) is 0 Å². The topological polar surface area (TPSA) is 96.7 Å². The standard InChI is InChI=1S/C21H24FN5O4S/c1-24-18-8-7-15(13-19(18)25(2)21(24)29)32(30,31)27-11-9-26(10-12-27)14-20(28)23-17-6-4-3-5-16(17)22/h3-8,13H,9-12,14H2,1-2H3,(H,23,28). The molecule has 0 radical (unpaired) electrons. The molecule has 0 unspecified atom stereocenters. The first-order valence-electron chi connectivity index (χ1n) is 10.1. The van der Waals surface area contributed by atoms with Gasteiger partial charge in [0.15, 0.2) is 0 Å². The van der Waals surface area contributed by atoms with Gasteiger partial charge in [-0.15, -0.1) is 0 Å². The number of sulfonamides is 1. The first-order chi connectivity index (χ1) is 15.2. The van der Waals surface area contributed by atoms with E-state index in [0.717, 1.165) is 0 Å². The Kier molecular flexibility index (Phi) is 5.89. The number of hydrogen-bond donors (Lipinski definition) is 1. The van der Waals surface area contributed by atoms with Crippen molar-refractivity contribution in [3.63, 3.8) is 0 Å². The number of hydrogen-bond acceptors (Lipinski definition) is 5. The van der Waals surface area contributed by atoms with Crippen LogP contribution in [0.4, 0.5) is 10.1 Å². The number of aromatic nitrogens is 2. The van der Waals surface area contributed by atoms with E-state index in [1.54, 1.807) is 32.3 Å². The van der Waals surface area contributed by atoms with Gasteiger partial charge in [0.1, 0.15) is 5.82 Å². The quantitative estimate of drug-likeness (QED) is 0.611. The molecule has 1 aliphatic heterocycles. The van der Waals surface area contributed by atoms with E-state index in [0.29, 0.717) is 24.1 Å². The van der Waals surface area contributed by atoms with Gasteiger partial charge >= 0.3 is 5.69 Å². The number of imidazole rings is 1. The predicted octanol–water partition coefficient (Wildman–Crippen LogP) is 0.961. The van der Waals surface area contributed by atoms with E-state index >= 15 is 0 Å². The van der Waals surface area contributed by atoms with E-state index in [9.17, 15) is 22.4 Å². The predicted molar refractivity (Wildman–Crippen MR) is 118 cm³/mol. The lowest BCUT2D eigenvalue weighted by Crippen LogP contribution is -2.50. The minimum atomic E-state index is -3.75. The summed E-state index contributed by atoms with van der Waals surface area (Å²) in [6.45, 7) is 1.23. The maximum atomic E-state index is 13.7. The Morgan fingerprint density at radius 2 is 1.66 bits per heavy atom. The molecule has 1 amide bonds. The van der Waals surface area contributed by atoms with Gasteiger partial charge in [0, 0.05) is 40.3 Å². The molecule has 0 bridgehead atoms. The largest absolute Gasteiger partial charge is 0.328 e. The molecule has 11 heteroatoms. The lowest BCUT2D eigenvalue weighted by molar-refractivity contribution is -0.117. The highest BCUT2D eigenvalue weighted by molar-refractivity contribution is 7.89. The molecule has 2 heterocycles. The third-order valence-corrected chi connectivity index (χ3v) is 7.62. The molecule has 3 aromatic rings. The fourth-order valence-corrected chi connectivity index (χ4v) is 5.32. The molecule has 0 atom stereocenters. The lowest BCUT2D eigenvalue weighted by Gasteiger charge is -2.33. The van der Waals surface area contributed by atoms with Gasteiger partial charge in [0.25, 0.3) is 0 Å². The summed E-state index contributed by atoms with van der Waals surface area (Å²) in [6, 6.07) is 10.6. The lowest BCUT2D eigenvalue weighted by atomic mass is 10.3. The summed E-state index contributed by atoms with van der Waals surface area (Å²) < 4.78 is 44.2. The van der Waals surface area contributed by atoms with Crippen molar-refractivity contribution < 1.29 is 17.6 Å². The highest BCUT2D eigenvalue weighted by atomic mass is 32.2. The fraction of sp³-hybridized carbons (Fsp3) is 0.333.